The van der Waals surface area contributed by atoms with E-state index in [1.165, 1.54) is 0 Å². The first-order valence-corrected chi connectivity index (χ1v) is 15.2. The molecule has 4 saturated carbocycles. The number of nitrogens with one attached hydrogen (secondary N) is 1. The number of amides is 1. The lowest BCUT2D eigenvalue weighted by atomic mass is 9.43. The van der Waals surface area contributed by atoms with Crippen LogP contribution in [0.4, 0.5) is 0 Å². The second kappa shape index (κ2) is 10.1. The quantitative estimate of drug-likeness (QED) is 0.268. The van der Waals surface area contributed by atoms with Crippen LogP contribution < -0.4 is 5.32 Å². The predicted molar refractivity (Wildman–Crippen MR) is 133 cm³/mol. The van der Waals surface area contributed by atoms with Crippen molar-refractivity contribution < 1.29 is 38.2 Å². The Morgan fingerprint density at radius 2 is 1.75 bits per heavy atom. The van der Waals surface area contributed by atoms with Crippen molar-refractivity contribution in [3.63, 3.8) is 0 Å². The van der Waals surface area contributed by atoms with Crippen LogP contribution >= 0.6 is 0 Å². The lowest BCUT2D eigenvalue weighted by Crippen LogP contribution is -2.62. The smallest absolute Gasteiger partial charge is 0.266 e. The number of carbonyl (C=O) groups is 1. The topological polar surface area (TPSA) is 164 Å². The maximum Gasteiger partial charge on any atom is 0.266 e. The number of rotatable bonds is 7. The fourth-order valence-electron chi connectivity index (χ4n) is 9.18. The van der Waals surface area contributed by atoms with E-state index in [0.717, 1.165) is 32.1 Å². The number of aliphatic hydroxyl groups excluding tert-OH is 4. The van der Waals surface area contributed by atoms with Gasteiger partial charge < -0.3 is 25.7 Å². The first kappa shape index (κ1) is 28.2. The van der Waals surface area contributed by atoms with Gasteiger partial charge in [-0.25, -0.2) is 0 Å². The third-order valence-electron chi connectivity index (χ3n) is 11.1. The molecule has 4 rings (SSSR count). The SMILES string of the molecule is C[C@H](C[C@@H](O)C(=O)NCCS(=O)(=O)O)[C@H]1CC[C@H]2[C@@H]3[C@H](O)C[C@@H]4C[C@H](O)CC[C@]4(C)[C@H]3C[C@H](O)[C@]12C. The second-order valence-corrected chi connectivity index (χ2v) is 14.4. The average Bonchev–Trinajstić information content (AvgIpc) is 3.13. The maximum absolute atomic E-state index is 12.3. The molecule has 0 spiro atoms. The van der Waals surface area contributed by atoms with Gasteiger partial charge in [-0.05, 0) is 97.7 Å². The summed E-state index contributed by atoms with van der Waals surface area (Å²) in [6.07, 6.45) is 3.04. The summed E-state index contributed by atoms with van der Waals surface area (Å²) >= 11 is 0. The van der Waals surface area contributed by atoms with Crippen molar-refractivity contribution in [3.8, 4) is 0 Å². The third kappa shape index (κ3) is 4.98. The van der Waals surface area contributed by atoms with Gasteiger partial charge in [0.2, 0.25) is 5.91 Å². The van der Waals surface area contributed by atoms with Gasteiger partial charge in [-0.15, -0.1) is 0 Å². The minimum Gasteiger partial charge on any atom is -0.393 e. The van der Waals surface area contributed by atoms with Crippen LogP contribution in [0, 0.1) is 46.3 Å². The highest BCUT2D eigenvalue weighted by atomic mass is 32.2. The van der Waals surface area contributed by atoms with Crippen LogP contribution in [0.2, 0.25) is 0 Å². The third-order valence-corrected chi connectivity index (χ3v) is 11.8. The molecule has 208 valence electrons. The van der Waals surface area contributed by atoms with Gasteiger partial charge in [0, 0.05) is 6.54 Å². The Morgan fingerprint density at radius 1 is 1.06 bits per heavy atom. The molecule has 0 radical (unpaired) electrons. The van der Waals surface area contributed by atoms with Crippen molar-refractivity contribution in [1.29, 1.82) is 0 Å². The van der Waals surface area contributed by atoms with Crippen LogP contribution in [0.5, 0.6) is 0 Å². The molecule has 0 saturated heterocycles. The molecule has 4 aliphatic carbocycles. The van der Waals surface area contributed by atoms with E-state index in [4.69, 9.17) is 4.55 Å². The summed E-state index contributed by atoms with van der Waals surface area (Å²) in [4.78, 5) is 12.3. The fourth-order valence-corrected chi connectivity index (χ4v) is 9.54. The summed E-state index contributed by atoms with van der Waals surface area (Å²) in [5.74, 6) is -0.554. The Balaban J connectivity index is 1.46. The summed E-state index contributed by atoms with van der Waals surface area (Å²) in [5.41, 5.74) is -0.425. The van der Waals surface area contributed by atoms with E-state index in [-0.39, 0.29) is 60.0 Å². The zero-order valence-corrected chi connectivity index (χ0v) is 22.5. The average molecular weight is 532 g/mol. The molecule has 0 aromatic heterocycles. The van der Waals surface area contributed by atoms with Gasteiger partial charge in [0.15, 0.2) is 0 Å². The van der Waals surface area contributed by atoms with Crippen LogP contribution in [-0.4, -0.2) is 76.0 Å². The molecule has 1 amide bonds. The molecule has 4 fully saturated rings. The van der Waals surface area contributed by atoms with Crippen molar-refractivity contribution in [2.24, 2.45) is 46.3 Å². The fraction of sp³-hybridized carbons (Fsp3) is 0.962. The Morgan fingerprint density at radius 3 is 2.42 bits per heavy atom. The number of carbonyl (C=O) groups excluding carboxylic acids is 1. The van der Waals surface area contributed by atoms with Gasteiger partial charge in [-0.1, -0.05) is 20.8 Å². The van der Waals surface area contributed by atoms with E-state index < -0.39 is 45.5 Å². The van der Waals surface area contributed by atoms with Crippen molar-refractivity contribution in [3.05, 3.63) is 0 Å². The molecule has 0 heterocycles. The number of aliphatic hydroxyl groups is 4. The lowest BCUT2D eigenvalue weighted by molar-refractivity contribution is -0.207. The molecule has 0 aromatic rings. The van der Waals surface area contributed by atoms with Crippen LogP contribution in [0.25, 0.3) is 0 Å². The van der Waals surface area contributed by atoms with Crippen LogP contribution in [0.1, 0.15) is 72.1 Å². The number of fused-ring (bicyclic) bond motifs is 5. The normalized spacial score (nSPS) is 46.2. The second-order valence-electron chi connectivity index (χ2n) is 12.8. The molecular formula is C26H45NO8S. The van der Waals surface area contributed by atoms with E-state index in [1.54, 1.807) is 0 Å². The van der Waals surface area contributed by atoms with Crippen LogP contribution in [0.15, 0.2) is 0 Å². The molecule has 10 heteroatoms. The Labute approximate surface area is 214 Å². The molecule has 36 heavy (non-hydrogen) atoms. The molecule has 9 nitrogen and oxygen atoms in total. The van der Waals surface area contributed by atoms with E-state index >= 15 is 0 Å². The van der Waals surface area contributed by atoms with Crippen molar-refractivity contribution in [2.75, 3.05) is 12.3 Å². The Hall–Kier alpha value is -0.780. The zero-order valence-electron chi connectivity index (χ0n) is 21.7. The molecule has 0 unspecified atom stereocenters. The summed E-state index contributed by atoms with van der Waals surface area (Å²) in [6.45, 7) is 6.14. The van der Waals surface area contributed by atoms with E-state index in [1.807, 2.05) is 6.92 Å². The highest BCUT2D eigenvalue weighted by Gasteiger charge is 2.65. The molecule has 0 aliphatic heterocycles. The molecule has 4 aliphatic rings. The Kier molecular flexibility index (Phi) is 7.90. The lowest BCUT2D eigenvalue weighted by Gasteiger charge is -2.63. The number of hydrogen-bond donors (Lipinski definition) is 6. The Bertz CT molecular complexity index is 929. The summed E-state index contributed by atoms with van der Waals surface area (Å²) < 4.78 is 30.5. The molecule has 12 atom stereocenters. The summed E-state index contributed by atoms with van der Waals surface area (Å²) in [6, 6.07) is 0. The van der Waals surface area contributed by atoms with E-state index in [2.05, 4.69) is 19.2 Å². The summed E-state index contributed by atoms with van der Waals surface area (Å²) in [7, 11) is -4.20. The highest BCUT2D eigenvalue weighted by molar-refractivity contribution is 7.85. The predicted octanol–water partition coefficient (Wildman–Crippen LogP) is 1.34. The van der Waals surface area contributed by atoms with Gasteiger partial charge in [-0.3, -0.25) is 9.35 Å². The van der Waals surface area contributed by atoms with Gasteiger partial charge in [0.25, 0.3) is 10.1 Å². The van der Waals surface area contributed by atoms with Gasteiger partial charge in [0.1, 0.15) is 6.10 Å². The van der Waals surface area contributed by atoms with Crippen molar-refractivity contribution in [2.45, 2.75) is 96.6 Å². The minimum atomic E-state index is -4.20. The molecular weight excluding hydrogens is 486 g/mol. The first-order valence-electron chi connectivity index (χ1n) is 13.6. The maximum atomic E-state index is 12.3. The number of hydrogen-bond acceptors (Lipinski definition) is 7. The molecule has 0 aromatic carbocycles. The standard InChI is InChI=1S/C26H45NO8S/c1-14(10-21(30)24(32)27-8-9-36(33,34)35)17-4-5-18-23-19(13-22(31)26(17,18)3)25(2)7-6-16(28)11-15(25)12-20(23)29/h14-23,28-31H,4-13H2,1-3H3,(H,27,32)(H,33,34,35)/t14-,15+,16-,17-,18+,19+,20-,21-,22+,23+,25+,26-/m1/s1. The van der Waals surface area contributed by atoms with Crippen LogP contribution in [0.3, 0.4) is 0 Å². The van der Waals surface area contributed by atoms with Crippen molar-refractivity contribution in [1.82, 2.24) is 5.32 Å². The van der Waals surface area contributed by atoms with E-state index in [0.29, 0.717) is 12.8 Å². The van der Waals surface area contributed by atoms with Crippen molar-refractivity contribution >= 4 is 16.0 Å². The van der Waals surface area contributed by atoms with Gasteiger partial charge >= 0.3 is 0 Å². The molecule has 6 N–H and O–H groups in total. The largest absolute Gasteiger partial charge is 0.393 e. The van der Waals surface area contributed by atoms with Crippen LogP contribution in [-0.2, 0) is 14.9 Å². The minimum absolute atomic E-state index is 0.00543. The van der Waals surface area contributed by atoms with Gasteiger partial charge in [-0.2, -0.15) is 8.42 Å². The van der Waals surface area contributed by atoms with E-state index in [9.17, 15) is 33.6 Å². The zero-order chi connectivity index (χ0) is 26.6. The summed E-state index contributed by atoms with van der Waals surface area (Å²) in [5, 5.41) is 46.1. The monoisotopic (exact) mass is 531 g/mol. The van der Waals surface area contributed by atoms with Gasteiger partial charge in [0.05, 0.1) is 24.1 Å². The highest BCUT2D eigenvalue weighted by Crippen LogP contribution is 2.68. The molecule has 0 bridgehead atoms. The first-order chi connectivity index (χ1) is 16.7.